The van der Waals surface area contributed by atoms with Crippen LogP contribution >= 0.6 is 11.8 Å². The molecule has 0 spiro atoms. The average Bonchev–Trinajstić information content (AvgIpc) is 3.12. The van der Waals surface area contributed by atoms with Crippen molar-refractivity contribution in [2.45, 2.75) is 25.5 Å². The fourth-order valence-corrected chi connectivity index (χ4v) is 3.53. The molecule has 0 aliphatic heterocycles. The molecule has 9 heteroatoms. The number of aromatic nitrogens is 3. The van der Waals surface area contributed by atoms with E-state index in [9.17, 15) is 14.9 Å². The maximum Gasteiger partial charge on any atom is 0.269 e. The molecule has 3 aromatic rings. The lowest BCUT2D eigenvalue weighted by Gasteiger charge is -2.09. The number of carbonyl (C=O) groups excluding carboxylic acids is 1. The van der Waals surface area contributed by atoms with Crippen LogP contribution in [0.15, 0.2) is 60.3 Å². The smallest absolute Gasteiger partial charge is 0.269 e. The summed E-state index contributed by atoms with van der Waals surface area (Å²) < 4.78 is 1.82. The van der Waals surface area contributed by atoms with Gasteiger partial charge in [-0.2, -0.15) is 0 Å². The highest BCUT2D eigenvalue weighted by Gasteiger charge is 2.16. The monoisotopic (exact) mass is 423 g/mol. The van der Waals surface area contributed by atoms with Gasteiger partial charge in [0, 0.05) is 29.9 Å². The summed E-state index contributed by atoms with van der Waals surface area (Å²) in [4.78, 5) is 22.8. The Hall–Kier alpha value is -3.46. The summed E-state index contributed by atoms with van der Waals surface area (Å²) in [6.07, 6.45) is 1.71. The molecule has 1 amide bonds. The normalized spacial score (nSPS) is 10.6. The lowest BCUT2D eigenvalue weighted by Crippen LogP contribution is -2.14. The van der Waals surface area contributed by atoms with Crippen LogP contribution in [-0.2, 0) is 11.3 Å². The number of non-ortho nitro benzene ring substituents is 1. The second-order valence-electron chi connectivity index (χ2n) is 6.65. The minimum Gasteiger partial charge on any atom is -0.325 e. The van der Waals surface area contributed by atoms with Crippen molar-refractivity contribution in [2.24, 2.45) is 0 Å². The van der Waals surface area contributed by atoms with Gasteiger partial charge in [-0.3, -0.25) is 19.5 Å². The molecule has 0 aliphatic carbocycles. The highest BCUT2D eigenvalue weighted by molar-refractivity contribution is 7.99. The summed E-state index contributed by atoms with van der Waals surface area (Å²) in [6.45, 7) is 8.22. The first-order chi connectivity index (χ1) is 14.4. The predicted molar refractivity (Wildman–Crippen MR) is 118 cm³/mol. The fourth-order valence-electron chi connectivity index (χ4n) is 2.78. The Labute approximate surface area is 178 Å². The maximum absolute atomic E-state index is 12.4. The van der Waals surface area contributed by atoms with E-state index in [1.165, 1.54) is 29.5 Å². The van der Waals surface area contributed by atoms with E-state index in [4.69, 9.17) is 0 Å². The molecule has 0 aliphatic rings. The van der Waals surface area contributed by atoms with Crippen molar-refractivity contribution >= 4 is 29.0 Å². The summed E-state index contributed by atoms with van der Waals surface area (Å²) in [5, 5.41) is 22.7. The minimum absolute atomic E-state index is 0.00569. The first-order valence-corrected chi connectivity index (χ1v) is 10.2. The fraction of sp³-hybridized carbons (Fsp3) is 0.190. The van der Waals surface area contributed by atoms with E-state index in [2.05, 4.69) is 22.1 Å². The lowest BCUT2D eigenvalue weighted by molar-refractivity contribution is -0.384. The van der Waals surface area contributed by atoms with Crippen molar-refractivity contribution in [1.29, 1.82) is 0 Å². The molecule has 0 atom stereocenters. The zero-order chi connectivity index (χ0) is 21.7. The number of hydrogen-bond donors (Lipinski definition) is 1. The molecule has 3 rings (SSSR count). The van der Waals surface area contributed by atoms with Gasteiger partial charge in [-0.25, -0.2) is 0 Å². The number of allylic oxidation sites excluding steroid dienone is 1. The quantitative estimate of drug-likeness (QED) is 0.249. The van der Waals surface area contributed by atoms with Gasteiger partial charge in [-0.1, -0.05) is 23.9 Å². The Morgan fingerprint density at radius 3 is 2.57 bits per heavy atom. The van der Waals surface area contributed by atoms with E-state index in [0.717, 1.165) is 11.3 Å². The topological polar surface area (TPSA) is 103 Å². The Kier molecular flexibility index (Phi) is 6.63. The largest absolute Gasteiger partial charge is 0.325 e. The van der Waals surface area contributed by atoms with E-state index in [1.807, 2.05) is 36.6 Å². The molecule has 0 saturated carbocycles. The molecular formula is C21H21N5O3S. The molecule has 30 heavy (non-hydrogen) atoms. The van der Waals surface area contributed by atoms with Gasteiger partial charge in [0.05, 0.1) is 10.7 Å². The molecule has 0 radical (unpaired) electrons. The minimum atomic E-state index is -0.451. The molecule has 0 saturated heterocycles. The molecule has 1 N–H and O–H groups in total. The van der Waals surface area contributed by atoms with Crippen molar-refractivity contribution in [3.8, 4) is 11.4 Å². The van der Waals surface area contributed by atoms with Crippen molar-refractivity contribution in [2.75, 3.05) is 11.1 Å². The highest BCUT2D eigenvalue weighted by Crippen LogP contribution is 2.26. The third-order valence-corrected chi connectivity index (χ3v) is 5.45. The number of thioether (sulfide) groups is 1. The van der Waals surface area contributed by atoms with Crippen LogP contribution in [0, 0.1) is 24.0 Å². The Balaban J connectivity index is 1.72. The Bertz CT molecular complexity index is 1090. The third kappa shape index (κ3) is 4.93. The number of hydrogen-bond acceptors (Lipinski definition) is 6. The summed E-state index contributed by atoms with van der Waals surface area (Å²) in [5.74, 6) is 0.581. The number of benzene rings is 2. The van der Waals surface area contributed by atoms with Crippen LogP contribution in [0.25, 0.3) is 11.4 Å². The molecule has 0 unspecified atom stereocenters. The number of nitro groups is 1. The number of rotatable bonds is 8. The van der Waals surface area contributed by atoms with Gasteiger partial charge in [0.25, 0.3) is 5.69 Å². The first-order valence-electron chi connectivity index (χ1n) is 9.18. The van der Waals surface area contributed by atoms with Crippen LogP contribution in [0.5, 0.6) is 0 Å². The number of anilines is 1. The van der Waals surface area contributed by atoms with Crippen LogP contribution in [0.1, 0.15) is 11.1 Å². The Morgan fingerprint density at radius 2 is 1.93 bits per heavy atom. The first kappa shape index (κ1) is 21.3. The van der Waals surface area contributed by atoms with Gasteiger partial charge in [-0.05, 0) is 49.2 Å². The van der Waals surface area contributed by atoms with E-state index in [0.29, 0.717) is 23.1 Å². The third-order valence-electron chi connectivity index (χ3n) is 4.49. The lowest BCUT2D eigenvalue weighted by atomic mass is 10.1. The Morgan fingerprint density at radius 1 is 1.20 bits per heavy atom. The van der Waals surface area contributed by atoms with Gasteiger partial charge in [0.1, 0.15) is 0 Å². The molecule has 1 aromatic heterocycles. The van der Waals surface area contributed by atoms with Crippen LogP contribution in [0.3, 0.4) is 0 Å². The van der Waals surface area contributed by atoms with Gasteiger partial charge >= 0.3 is 0 Å². The van der Waals surface area contributed by atoms with E-state index >= 15 is 0 Å². The molecule has 2 aromatic carbocycles. The summed E-state index contributed by atoms with van der Waals surface area (Å²) >= 11 is 1.27. The number of carbonyl (C=O) groups is 1. The van der Waals surface area contributed by atoms with E-state index in [1.54, 1.807) is 18.2 Å². The van der Waals surface area contributed by atoms with Gasteiger partial charge in [0.2, 0.25) is 5.91 Å². The average molecular weight is 423 g/mol. The van der Waals surface area contributed by atoms with Gasteiger partial charge in [0.15, 0.2) is 11.0 Å². The molecular weight excluding hydrogens is 402 g/mol. The zero-order valence-corrected chi connectivity index (χ0v) is 17.5. The molecule has 8 nitrogen and oxygen atoms in total. The van der Waals surface area contributed by atoms with Crippen molar-refractivity contribution in [3.63, 3.8) is 0 Å². The highest BCUT2D eigenvalue weighted by atomic mass is 32.2. The van der Waals surface area contributed by atoms with E-state index in [-0.39, 0.29) is 17.3 Å². The maximum atomic E-state index is 12.4. The van der Waals surface area contributed by atoms with Crippen molar-refractivity contribution < 1.29 is 9.72 Å². The van der Waals surface area contributed by atoms with Crippen molar-refractivity contribution in [3.05, 3.63) is 76.4 Å². The van der Waals surface area contributed by atoms with Crippen molar-refractivity contribution in [1.82, 2.24) is 14.8 Å². The molecule has 0 fully saturated rings. The molecule has 1 heterocycles. The van der Waals surface area contributed by atoms with Crippen LogP contribution in [0.2, 0.25) is 0 Å². The predicted octanol–water partition coefficient (Wildman–Crippen LogP) is 4.39. The number of nitrogens with zero attached hydrogens (tertiary/aromatic N) is 4. The number of amides is 1. The zero-order valence-electron chi connectivity index (χ0n) is 16.7. The van der Waals surface area contributed by atoms with Crippen LogP contribution in [-0.4, -0.2) is 31.3 Å². The number of nitro benzene ring substituents is 1. The number of aryl methyl sites for hydroxylation is 2. The summed E-state index contributed by atoms with van der Waals surface area (Å²) in [6, 6.07) is 11.9. The van der Waals surface area contributed by atoms with Crippen LogP contribution in [0.4, 0.5) is 11.4 Å². The SMILES string of the molecule is C=CCn1c(SCC(=O)Nc2ccc(C)c(C)c2)nnc1-c1ccc([N+](=O)[O-])cc1. The van der Waals surface area contributed by atoms with Gasteiger partial charge < -0.3 is 5.32 Å². The second kappa shape index (κ2) is 9.36. The second-order valence-corrected chi connectivity index (χ2v) is 7.59. The summed E-state index contributed by atoms with van der Waals surface area (Å²) in [5.41, 5.74) is 3.73. The van der Waals surface area contributed by atoms with Crippen LogP contribution < -0.4 is 5.32 Å². The number of nitrogens with one attached hydrogen (secondary N) is 1. The molecule has 0 bridgehead atoms. The standard InChI is InChI=1S/C21H21N5O3S/c1-4-11-25-20(16-6-9-18(10-7-16)26(28)29)23-24-21(25)30-13-19(27)22-17-8-5-14(2)15(3)12-17/h4-10,12H,1,11,13H2,2-3H3,(H,22,27). The van der Waals surface area contributed by atoms with Gasteiger partial charge in [-0.15, -0.1) is 16.8 Å². The molecule has 154 valence electrons. The summed E-state index contributed by atoms with van der Waals surface area (Å²) in [7, 11) is 0. The van der Waals surface area contributed by atoms with E-state index < -0.39 is 4.92 Å².